The van der Waals surface area contributed by atoms with Gasteiger partial charge in [0.1, 0.15) is 5.82 Å². The van der Waals surface area contributed by atoms with Gasteiger partial charge < -0.3 is 10.0 Å². The maximum absolute atomic E-state index is 10.3. The fraction of sp³-hybridized carbons (Fsp3) is 0.455. The van der Waals surface area contributed by atoms with Gasteiger partial charge >= 0.3 is 5.97 Å². The first-order chi connectivity index (χ1) is 7.09. The fourth-order valence-electron chi connectivity index (χ4n) is 1.27. The molecule has 0 fully saturated rings. The van der Waals surface area contributed by atoms with Crippen LogP contribution in [0.2, 0.25) is 0 Å². The summed E-state index contributed by atoms with van der Waals surface area (Å²) in [4.78, 5) is 16.5. The summed E-state index contributed by atoms with van der Waals surface area (Å²) >= 11 is 0. The molecule has 0 spiro atoms. The number of pyridine rings is 1. The van der Waals surface area contributed by atoms with Crippen LogP contribution >= 0.6 is 0 Å². The second-order valence-corrected chi connectivity index (χ2v) is 3.67. The van der Waals surface area contributed by atoms with Gasteiger partial charge in [-0.05, 0) is 24.5 Å². The molecule has 82 valence electrons. The van der Waals surface area contributed by atoms with E-state index in [0.717, 1.165) is 17.8 Å². The van der Waals surface area contributed by atoms with Crippen molar-refractivity contribution >= 4 is 11.8 Å². The van der Waals surface area contributed by atoms with Gasteiger partial charge in [0.2, 0.25) is 0 Å². The lowest BCUT2D eigenvalue weighted by Crippen LogP contribution is -2.10. The van der Waals surface area contributed by atoms with E-state index in [9.17, 15) is 4.79 Å². The molecule has 4 heteroatoms. The second kappa shape index (κ2) is 5.34. The molecule has 1 rings (SSSR count). The third-order valence-electron chi connectivity index (χ3n) is 2.12. The molecule has 0 atom stereocenters. The number of aliphatic carboxylic acids is 1. The van der Waals surface area contributed by atoms with E-state index < -0.39 is 5.97 Å². The second-order valence-electron chi connectivity index (χ2n) is 3.67. The number of anilines is 1. The van der Waals surface area contributed by atoms with Crippen LogP contribution in [0.3, 0.4) is 0 Å². The highest BCUT2D eigenvalue weighted by molar-refractivity contribution is 5.66. The molecule has 4 nitrogen and oxygen atoms in total. The SMILES string of the molecule is CN(C)c1ccc(CCCC(=O)O)cn1. The van der Waals surface area contributed by atoms with Gasteiger partial charge in [-0.3, -0.25) is 4.79 Å². The normalized spacial score (nSPS) is 10.0. The first kappa shape index (κ1) is 11.5. The Morgan fingerprint density at radius 3 is 2.67 bits per heavy atom. The van der Waals surface area contributed by atoms with E-state index in [4.69, 9.17) is 5.11 Å². The Labute approximate surface area is 89.6 Å². The lowest BCUT2D eigenvalue weighted by Gasteiger charge is -2.10. The zero-order valence-corrected chi connectivity index (χ0v) is 9.10. The van der Waals surface area contributed by atoms with Gasteiger partial charge in [0.25, 0.3) is 0 Å². The van der Waals surface area contributed by atoms with Crippen molar-refractivity contribution in [1.82, 2.24) is 4.98 Å². The van der Waals surface area contributed by atoms with Crippen molar-refractivity contribution in [2.75, 3.05) is 19.0 Å². The smallest absolute Gasteiger partial charge is 0.303 e. The minimum atomic E-state index is -0.743. The van der Waals surface area contributed by atoms with Crippen LogP contribution in [-0.2, 0) is 11.2 Å². The molecule has 0 aliphatic rings. The third kappa shape index (κ3) is 3.97. The number of carboxylic acid groups (broad SMARTS) is 1. The van der Waals surface area contributed by atoms with Gasteiger partial charge in [0.15, 0.2) is 0 Å². The van der Waals surface area contributed by atoms with E-state index in [1.54, 1.807) is 6.20 Å². The van der Waals surface area contributed by atoms with Crippen LogP contribution < -0.4 is 4.90 Å². The van der Waals surface area contributed by atoms with Gasteiger partial charge in [-0.1, -0.05) is 6.07 Å². The summed E-state index contributed by atoms with van der Waals surface area (Å²) in [6.07, 6.45) is 3.46. The van der Waals surface area contributed by atoms with Crippen molar-refractivity contribution in [3.8, 4) is 0 Å². The van der Waals surface area contributed by atoms with Gasteiger partial charge in [-0.25, -0.2) is 4.98 Å². The number of nitrogens with zero attached hydrogens (tertiary/aromatic N) is 2. The molecule has 0 aromatic carbocycles. The van der Waals surface area contributed by atoms with E-state index in [2.05, 4.69) is 4.98 Å². The van der Waals surface area contributed by atoms with Crippen molar-refractivity contribution in [3.63, 3.8) is 0 Å². The van der Waals surface area contributed by atoms with Crippen LogP contribution in [0.4, 0.5) is 5.82 Å². The molecule has 0 amide bonds. The minimum absolute atomic E-state index is 0.218. The Bertz CT molecular complexity index is 320. The largest absolute Gasteiger partial charge is 0.481 e. The molecular formula is C11H16N2O2. The number of carbonyl (C=O) groups is 1. The third-order valence-corrected chi connectivity index (χ3v) is 2.12. The average Bonchev–Trinajstić information content (AvgIpc) is 2.18. The van der Waals surface area contributed by atoms with Crippen LogP contribution in [-0.4, -0.2) is 30.2 Å². The number of carboxylic acids is 1. The van der Waals surface area contributed by atoms with Gasteiger partial charge in [-0.2, -0.15) is 0 Å². The average molecular weight is 208 g/mol. The van der Waals surface area contributed by atoms with Crippen molar-refractivity contribution in [2.45, 2.75) is 19.3 Å². The van der Waals surface area contributed by atoms with E-state index in [1.165, 1.54) is 0 Å². The Kier molecular flexibility index (Phi) is 4.09. The van der Waals surface area contributed by atoms with E-state index >= 15 is 0 Å². The zero-order chi connectivity index (χ0) is 11.3. The molecular weight excluding hydrogens is 192 g/mol. The molecule has 15 heavy (non-hydrogen) atoms. The fourth-order valence-corrected chi connectivity index (χ4v) is 1.27. The molecule has 0 bridgehead atoms. The number of aryl methyl sites for hydroxylation is 1. The lowest BCUT2D eigenvalue weighted by molar-refractivity contribution is -0.137. The van der Waals surface area contributed by atoms with Gasteiger partial charge in [0, 0.05) is 26.7 Å². The maximum Gasteiger partial charge on any atom is 0.303 e. The first-order valence-corrected chi connectivity index (χ1v) is 4.93. The van der Waals surface area contributed by atoms with Crippen LogP contribution in [0.5, 0.6) is 0 Å². The Morgan fingerprint density at radius 2 is 2.20 bits per heavy atom. The number of hydrogen-bond donors (Lipinski definition) is 1. The van der Waals surface area contributed by atoms with E-state index in [0.29, 0.717) is 6.42 Å². The number of rotatable bonds is 5. The monoisotopic (exact) mass is 208 g/mol. The highest BCUT2D eigenvalue weighted by Crippen LogP contribution is 2.09. The molecule has 0 aliphatic carbocycles. The van der Waals surface area contributed by atoms with Crippen molar-refractivity contribution < 1.29 is 9.90 Å². The first-order valence-electron chi connectivity index (χ1n) is 4.93. The van der Waals surface area contributed by atoms with Crippen LogP contribution in [0.1, 0.15) is 18.4 Å². The molecule has 1 aromatic rings. The van der Waals surface area contributed by atoms with Gasteiger partial charge in [-0.15, -0.1) is 0 Å². The lowest BCUT2D eigenvalue weighted by atomic mass is 10.1. The zero-order valence-electron chi connectivity index (χ0n) is 9.10. The standard InChI is InChI=1S/C11H16N2O2/c1-13(2)10-7-6-9(8-12-10)4-3-5-11(14)15/h6-8H,3-5H2,1-2H3,(H,14,15). The quantitative estimate of drug-likeness (QED) is 0.797. The molecule has 0 saturated carbocycles. The Morgan fingerprint density at radius 1 is 1.47 bits per heavy atom. The molecule has 0 aliphatic heterocycles. The molecule has 1 N–H and O–H groups in total. The Balaban J connectivity index is 2.46. The minimum Gasteiger partial charge on any atom is -0.481 e. The van der Waals surface area contributed by atoms with Gasteiger partial charge in [0.05, 0.1) is 0 Å². The number of aromatic nitrogens is 1. The summed E-state index contributed by atoms with van der Waals surface area (Å²) in [5, 5.41) is 8.49. The van der Waals surface area contributed by atoms with E-state index in [1.807, 2.05) is 31.1 Å². The molecule has 0 saturated heterocycles. The number of hydrogen-bond acceptors (Lipinski definition) is 3. The summed E-state index contributed by atoms with van der Waals surface area (Å²) in [7, 11) is 3.87. The predicted molar refractivity (Wildman–Crippen MR) is 59.1 cm³/mol. The molecule has 1 aromatic heterocycles. The Hall–Kier alpha value is -1.58. The molecule has 0 radical (unpaired) electrons. The highest BCUT2D eigenvalue weighted by atomic mass is 16.4. The van der Waals surface area contributed by atoms with Crippen LogP contribution in [0, 0.1) is 0 Å². The predicted octanol–water partition coefficient (Wildman–Crippen LogP) is 1.55. The summed E-state index contributed by atoms with van der Waals surface area (Å²) in [6, 6.07) is 3.93. The summed E-state index contributed by atoms with van der Waals surface area (Å²) in [5.74, 6) is 0.171. The molecule has 1 heterocycles. The summed E-state index contributed by atoms with van der Waals surface area (Å²) in [6.45, 7) is 0. The van der Waals surface area contributed by atoms with Crippen molar-refractivity contribution in [1.29, 1.82) is 0 Å². The van der Waals surface area contributed by atoms with Crippen molar-refractivity contribution in [2.24, 2.45) is 0 Å². The van der Waals surface area contributed by atoms with Crippen LogP contribution in [0.25, 0.3) is 0 Å². The summed E-state index contributed by atoms with van der Waals surface area (Å²) in [5.41, 5.74) is 1.09. The topological polar surface area (TPSA) is 53.4 Å². The highest BCUT2D eigenvalue weighted by Gasteiger charge is 2.00. The van der Waals surface area contributed by atoms with Crippen molar-refractivity contribution in [3.05, 3.63) is 23.9 Å². The maximum atomic E-state index is 10.3. The van der Waals surface area contributed by atoms with E-state index in [-0.39, 0.29) is 6.42 Å². The molecule has 0 unspecified atom stereocenters. The summed E-state index contributed by atoms with van der Waals surface area (Å²) < 4.78 is 0. The van der Waals surface area contributed by atoms with Crippen LogP contribution in [0.15, 0.2) is 18.3 Å².